The van der Waals surface area contributed by atoms with Crippen LogP contribution < -0.4 is 10.5 Å². The number of nitrogens with zero attached hydrogens (tertiary/aromatic N) is 2. The highest BCUT2D eigenvalue weighted by molar-refractivity contribution is 7.91. The molecule has 0 saturated carbocycles. The molecule has 2 heterocycles. The van der Waals surface area contributed by atoms with Gasteiger partial charge in [0.2, 0.25) is 9.47 Å². The van der Waals surface area contributed by atoms with Crippen LogP contribution in [0.3, 0.4) is 0 Å². The van der Waals surface area contributed by atoms with E-state index in [2.05, 4.69) is 14.9 Å². The topological polar surface area (TPSA) is 98.0 Å². The Morgan fingerprint density at radius 1 is 1.33 bits per heavy atom. The van der Waals surface area contributed by atoms with Crippen molar-refractivity contribution >= 4 is 37.8 Å². The summed E-state index contributed by atoms with van der Waals surface area (Å²) in [6.07, 6.45) is 0. The van der Waals surface area contributed by atoms with Gasteiger partial charge in [-0.3, -0.25) is 0 Å². The van der Waals surface area contributed by atoms with Gasteiger partial charge in [0.1, 0.15) is 0 Å². The van der Waals surface area contributed by atoms with E-state index in [0.29, 0.717) is 0 Å². The molecule has 0 aliphatic carbocycles. The lowest BCUT2D eigenvalue weighted by Crippen LogP contribution is -2.26. The third-order valence-electron chi connectivity index (χ3n) is 2.17. The second kappa shape index (κ2) is 4.92. The summed E-state index contributed by atoms with van der Waals surface area (Å²) < 4.78 is 26.4. The third kappa shape index (κ3) is 2.86. The van der Waals surface area contributed by atoms with Crippen LogP contribution in [0.25, 0.3) is 0 Å². The van der Waals surface area contributed by atoms with Crippen molar-refractivity contribution in [2.24, 2.45) is 0 Å². The van der Waals surface area contributed by atoms with Gasteiger partial charge in [-0.05, 0) is 26.0 Å². The number of hydrogen-bond acceptors (Lipinski definition) is 7. The maximum Gasteiger partial charge on any atom is 0.270 e. The van der Waals surface area contributed by atoms with Gasteiger partial charge in [0, 0.05) is 9.75 Å². The molecule has 6 nitrogen and oxygen atoms in total. The van der Waals surface area contributed by atoms with E-state index < -0.39 is 10.0 Å². The fraction of sp³-hybridized carbons (Fsp3) is 0.333. The molecule has 0 aromatic carbocycles. The Kier molecular flexibility index (Phi) is 3.66. The highest BCUT2D eigenvalue weighted by Crippen LogP contribution is 2.25. The summed E-state index contributed by atoms with van der Waals surface area (Å²) >= 11 is 2.40. The minimum Gasteiger partial charge on any atom is -0.374 e. The van der Waals surface area contributed by atoms with Crippen LogP contribution in [-0.4, -0.2) is 18.6 Å². The molecule has 1 atom stereocenters. The number of sulfonamides is 1. The van der Waals surface area contributed by atoms with Crippen molar-refractivity contribution in [2.45, 2.75) is 24.2 Å². The van der Waals surface area contributed by atoms with E-state index in [1.54, 1.807) is 18.3 Å². The van der Waals surface area contributed by atoms with Crippen LogP contribution in [0.2, 0.25) is 0 Å². The molecule has 0 radical (unpaired) electrons. The van der Waals surface area contributed by atoms with Crippen molar-refractivity contribution in [3.63, 3.8) is 0 Å². The molecule has 0 fully saturated rings. The summed E-state index contributed by atoms with van der Waals surface area (Å²) in [4.78, 5) is 2.09. The zero-order chi connectivity index (χ0) is 13.3. The number of nitrogen functional groups attached to an aromatic ring is 1. The largest absolute Gasteiger partial charge is 0.374 e. The fourth-order valence-corrected chi connectivity index (χ4v) is 4.33. The molecule has 0 bridgehead atoms. The van der Waals surface area contributed by atoms with Crippen LogP contribution in [-0.2, 0) is 10.0 Å². The van der Waals surface area contributed by atoms with Crippen LogP contribution in [0.1, 0.15) is 22.7 Å². The molecule has 9 heteroatoms. The Balaban J connectivity index is 2.18. The summed E-state index contributed by atoms with van der Waals surface area (Å²) in [6.45, 7) is 3.76. The van der Waals surface area contributed by atoms with Gasteiger partial charge >= 0.3 is 0 Å². The molecule has 2 aromatic heterocycles. The molecule has 3 N–H and O–H groups in total. The Hall–Kier alpha value is -1.03. The van der Waals surface area contributed by atoms with E-state index in [1.807, 2.05) is 19.1 Å². The highest BCUT2D eigenvalue weighted by atomic mass is 32.2. The summed E-state index contributed by atoms with van der Waals surface area (Å²) in [7, 11) is -3.66. The lowest BCUT2D eigenvalue weighted by molar-refractivity contribution is 0.566. The fourth-order valence-electron chi connectivity index (χ4n) is 1.36. The van der Waals surface area contributed by atoms with Gasteiger partial charge in [-0.2, -0.15) is 0 Å². The van der Waals surface area contributed by atoms with Gasteiger partial charge in [-0.15, -0.1) is 21.5 Å². The van der Waals surface area contributed by atoms with Gasteiger partial charge in [0.05, 0.1) is 6.04 Å². The summed E-state index contributed by atoms with van der Waals surface area (Å²) in [5.74, 6) is 0. The monoisotopic (exact) mass is 304 g/mol. The number of thiophene rings is 1. The lowest BCUT2D eigenvalue weighted by atomic mass is 10.3. The maximum absolute atomic E-state index is 12.0. The van der Waals surface area contributed by atoms with Crippen molar-refractivity contribution in [2.75, 3.05) is 5.73 Å². The molecular formula is C9H12N4O2S3. The second-order valence-electron chi connectivity index (χ2n) is 3.70. The number of nitrogens with two attached hydrogens (primary N) is 1. The summed E-state index contributed by atoms with van der Waals surface area (Å²) in [5, 5.41) is 7.17. The first-order valence-corrected chi connectivity index (χ1v) is 8.18. The van der Waals surface area contributed by atoms with Crippen LogP contribution in [0.5, 0.6) is 0 Å². The zero-order valence-electron chi connectivity index (χ0n) is 9.75. The average Bonchev–Trinajstić information content (AvgIpc) is 2.86. The number of rotatable bonds is 4. The van der Waals surface area contributed by atoms with E-state index in [9.17, 15) is 8.42 Å². The van der Waals surface area contributed by atoms with Crippen molar-refractivity contribution in [1.29, 1.82) is 0 Å². The Labute approximate surface area is 113 Å². The van der Waals surface area contributed by atoms with Crippen LogP contribution in [0, 0.1) is 6.92 Å². The molecule has 18 heavy (non-hydrogen) atoms. The smallest absolute Gasteiger partial charge is 0.270 e. The van der Waals surface area contributed by atoms with Gasteiger partial charge in [0.15, 0.2) is 0 Å². The molecule has 98 valence electrons. The molecule has 0 saturated heterocycles. The number of aryl methyl sites for hydroxylation is 1. The first-order chi connectivity index (χ1) is 8.38. The Morgan fingerprint density at radius 2 is 2.06 bits per heavy atom. The lowest BCUT2D eigenvalue weighted by Gasteiger charge is -2.10. The van der Waals surface area contributed by atoms with Crippen LogP contribution in [0.15, 0.2) is 16.5 Å². The van der Waals surface area contributed by atoms with Gasteiger partial charge < -0.3 is 5.73 Å². The van der Waals surface area contributed by atoms with Gasteiger partial charge in [-0.1, -0.05) is 11.3 Å². The van der Waals surface area contributed by atoms with Crippen molar-refractivity contribution in [3.05, 3.63) is 21.9 Å². The molecular weight excluding hydrogens is 292 g/mol. The molecule has 2 rings (SSSR count). The number of nitrogens with one attached hydrogen (secondary N) is 1. The minimum atomic E-state index is -3.66. The highest BCUT2D eigenvalue weighted by Gasteiger charge is 2.23. The van der Waals surface area contributed by atoms with Crippen molar-refractivity contribution < 1.29 is 8.42 Å². The number of aromatic nitrogens is 2. The van der Waals surface area contributed by atoms with Crippen molar-refractivity contribution in [1.82, 2.24) is 14.9 Å². The SMILES string of the molecule is Cc1ccc(C(C)NS(=O)(=O)c2nnc(N)s2)s1. The van der Waals surface area contributed by atoms with E-state index in [1.165, 1.54) is 0 Å². The number of hydrogen-bond donors (Lipinski definition) is 2. The summed E-state index contributed by atoms with van der Waals surface area (Å²) in [5.41, 5.74) is 5.38. The molecule has 2 aromatic rings. The first kappa shape index (κ1) is 13.4. The molecule has 0 aliphatic heterocycles. The van der Waals surface area contributed by atoms with E-state index in [0.717, 1.165) is 21.1 Å². The minimum absolute atomic E-state index is 0.111. The molecule has 0 amide bonds. The molecule has 0 aliphatic rings. The summed E-state index contributed by atoms with van der Waals surface area (Å²) in [6, 6.07) is 3.55. The van der Waals surface area contributed by atoms with Crippen LogP contribution in [0.4, 0.5) is 5.13 Å². The molecule has 0 spiro atoms. The second-order valence-corrected chi connectivity index (χ2v) is 7.91. The van der Waals surface area contributed by atoms with Gasteiger partial charge in [-0.25, -0.2) is 13.1 Å². The van der Waals surface area contributed by atoms with Crippen molar-refractivity contribution in [3.8, 4) is 0 Å². The van der Waals surface area contributed by atoms with Crippen LogP contribution >= 0.6 is 22.7 Å². The molecule has 1 unspecified atom stereocenters. The third-order valence-corrected chi connectivity index (χ3v) is 6.02. The first-order valence-electron chi connectivity index (χ1n) is 5.06. The van der Waals surface area contributed by atoms with E-state index >= 15 is 0 Å². The number of anilines is 1. The van der Waals surface area contributed by atoms with E-state index in [4.69, 9.17) is 5.73 Å². The predicted molar refractivity (Wildman–Crippen MR) is 72.1 cm³/mol. The normalized spacial score (nSPS) is 13.7. The quantitative estimate of drug-likeness (QED) is 0.892. The Morgan fingerprint density at radius 3 is 2.56 bits per heavy atom. The van der Waals surface area contributed by atoms with Gasteiger partial charge in [0.25, 0.3) is 10.0 Å². The average molecular weight is 304 g/mol. The zero-order valence-corrected chi connectivity index (χ0v) is 12.2. The standard InChI is InChI=1S/C9H12N4O2S3/c1-5-3-4-7(16-5)6(2)13-18(14,15)9-12-11-8(10)17-9/h3-4,6,13H,1-2H3,(H2,10,11). The maximum atomic E-state index is 12.0. The predicted octanol–water partition coefficient (Wildman–Crippen LogP) is 1.53. The Bertz CT molecular complexity index is 646. The van der Waals surface area contributed by atoms with E-state index in [-0.39, 0.29) is 15.5 Å².